The van der Waals surface area contributed by atoms with Crippen molar-refractivity contribution in [3.05, 3.63) is 22.9 Å². The number of hydrogen-bond donors (Lipinski definition) is 0. The minimum Gasteiger partial charge on any atom is -0.355 e. The van der Waals surface area contributed by atoms with E-state index in [9.17, 15) is 4.79 Å². The molecule has 0 aliphatic rings. The van der Waals surface area contributed by atoms with E-state index in [1.165, 1.54) is 9.13 Å². The van der Waals surface area contributed by atoms with Gasteiger partial charge < -0.3 is 9.30 Å². The number of hydrogen-bond acceptors (Lipinski definition) is 2. The van der Waals surface area contributed by atoms with Crippen molar-refractivity contribution in [1.82, 2.24) is 9.13 Å². The topological polar surface area (TPSA) is 36.2 Å². The normalized spacial score (nSPS) is 12.0. The van der Waals surface area contributed by atoms with Crippen LogP contribution in [0.15, 0.2) is 17.2 Å². The average molecular weight is 184 g/mol. The Bertz CT molecular complexity index is 330. The van der Waals surface area contributed by atoms with Crippen LogP contribution in [0.1, 0.15) is 20.8 Å². The van der Waals surface area contributed by atoms with E-state index in [4.69, 9.17) is 4.74 Å². The maximum absolute atomic E-state index is 11.3. The Morgan fingerprint density at radius 3 is 2.38 bits per heavy atom. The molecule has 1 heterocycles. The summed E-state index contributed by atoms with van der Waals surface area (Å²) >= 11 is 0. The number of aromatic nitrogens is 2. The minimum absolute atomic E-state index is 0.0516. The van der Waals surface area contributed by atoms with Gasteiger partial charge in [0.1, 0.15) is 6.73 Å². The van der Waals surface area contributed by atoms with Crippen LogP contribution in [0.25, 0.3) is 0 Å². The van der Waals surface area contributed by atoms with Crippen molar-refractivity contribution in [1.29, 1.82) is 0 Å². The highest BCUT2D eigenvalue weighted by molar-refractivity contribution is 4.78. The third-order valence-corrected chi connectivity index (χ3v) is 1.65. The Morgan fingerprint density at radius 1 is 1.38 bits per heavy atom. The standard InChI is InChI=1S/C9H16N2O2/c1-9(2,3)13-7-11-6-5-10(4)8(11)12/h5-6H,7H2,1-4H3. The maximum atomic E-state index is 11.3. The van der Waals surface area contributed by atoms with Gasteiger partial charge in [-0.1, -0.05) is 0 Å². The molecule has 1 aromatic heterocycles. The molecule has 4 nitrogen and oxygen atoms in total. The third-order valence-electron chi connectivity index (χ3n) is 1.65. The number of nitrogens with zero attached hydrogens (tertiary/aromatic N) is 2. The van der Waals surface area contributed by atoms with Crippen molar-refractivity contribution >= 4 is 0 Å². The lowest BCUT2D eigenvalue weighted by Gasteiger charge is -2.19. The summed E-state index contributed by atoms with van der Waals surface area (Å²) < 4.78 is 8.51. The molecule has 4 heteroatoms. The van der Waals surface area contributed by atoms with E-state index in [2.05, 4.69) is 0 Å². The van der Waals surface area contributed by atoms with Gasteiger partial charge in [0.05, 0.1) is 5.60 Å². The van der Waals surface area contributed by atoms with Crippen LogP contribution in [0, 0.1) is 0 Å². The zero-order valence-corrected chi connectivity index (χ0v) is 8.57. The molecule has 0 saturated carbocycles. The molecular formula is C9H16N2O2. The first kappa shape index (κ1) is 10.1. The number of rotatable bonds is 2. The van der Waals surface area contributed by atoms with Crippen LogP contribution in [0.4, 0.5) is 0 Å². The van der Waals surface area contributed by atoms with Gasteiger partial charge in [0.25, 0.3) is 0 Å². The molecule has 0 fully saturated rings. The van der Waals surface area contributed by atoms with Crippen LogP contribution < -0.4 is 5.69 Å². The molecule has 0 unspecified atom stereocenters. The van der Waals surface area contributed by atoms with E-state index in [1.807, 2.05) is 20.8 Å². The fourth-order valence-corrected chi connectivity index (χ4v) is 0.872. The smallest absolute Gasteiger partial charge is 0.329 e. The monoisotopic (exact) mass is 184 g/mol. The molecule has 0 N–H and O–H groups in total. The van der Waals surface area contributed by atoms with Gasteiger partial charge in [-0.05, 0) is 20.8 Å². The molecule has 1 rings (SSSR count). The predicted molar refractivity (Wildman–Crippen MR) is 50.5 cm³/mol. The minimum atomic E-state index is -0.213. The van der Waals surface area contributed by atoms with Crippen molar-refractivity contribution in [2.75, 3.05) is 0 Å². The van der Waals surface area contributed by atoms with Gasteiger partial charge in [-0.15, -0.1) is 0 Å². The summed E-state index contributed by atoms with van der Waals surface area (Å²) in [6.07, 6.45) is 3.43. The summed E-state index contributed by atoms with van der Waals surface area (Å²) in [6, 6.07) is 0. The molecular weight excluding hydrogens is 168 g/mol. The van der Waals surface area contributed by atoms with Crippen molar-refractivity contribution in [3.8, 4) is 0 Å². The molecule has 0 radical (unpaired) electrons. The second kappa shape index (κ2) is 3.38. The van der Waals surface area contributed by atoms with E-state index in [0.29, 0.717) is 6.73 Å². The summed E-state index contributed by atoms with van der Waals surface area (Å²) in [4.78, 5) is 11.3. The Balaban J connectivity index is 2.66. The Kier molecular flexibility index (Phi) is 2.61. The van der Waals surface area contributed by atoms with Crippen molar-refractivity contribution < 1.29 is 4.74 Å². The molecule has 0 aromatic carbocycles. The molecule has 13 heavy (non-hydrogen) atoms. The zero-order chi connectivity index (χ0) is 10.1. The third kappa shape index (κ3) is 2.73. The van der Waals surface area contributed by atoms with Crippen LogP contribution in [-0.4, -0.2) is 14.7 Å². The van der Waals surface area contributed by atoms with Crippen molar-refractivity contribution in [2.45, 2.75) is 33.1 Å². The van der Waals surface area contributed by atoms with Gasteiger partial charge in [0, 0.05) is 19.4 Å². The predicted octanol–water partition coefficient (Wildman–Crippen LogP) is 0.959. The zero-order valence-electron chi connectivity index (χ0n) is 8.57. The number of ether oxygens (including phenoxy) is 1. The summed E-state index contributed by atoms with van der Waals surface area (Å²) in [5, 5.41) is 0. The van der Waals surface area contributed by atoms with Crippen LogP contribution >= 0.6 is 0 Å². The van der Waals surface area contributed by atoms with Crippen LogP contribution in [0.3, 0.4) is 0 Å². The fourth-order valence-electron chi connectivity index (χ4n) is 0.872. The van der Waals surface area contributed by atoms with Gasteiger partial charge in [-0.25, -0.2) is 4.79 Å². The van der Waals surface area contributed by atoms with Gasteiger partial charge in [-0.2, -0.15) is 0 Å². The Labute approximate surface area is 77.7 Å². The van der Waals surface area contributed by atoms with E-state index in [-0.39, 0.29) is 11.3 Å². The van der Waals surface area contributed by atoms with Gasteiger partial charge >= 0.3 is 5.69 Å². The van der Waals surface area contributed by atoms with Crippen LogP contribution in [-0.2, 0) is 18.5 Å². The number of aryl methyl sites for hydroxylation is 1. The van der Waals surface area contributed by atoms with Crippen LogP contribution in [0.5, 0.6) is 0 Å². The molecule has 0 atom stereocenters. The van der Waals surface area contributed by atoms with E-state index >= 15 is 0 Å². The van der Waals surface area contributed by atoms with E-state index < -0.39 is 0 Å². The highest BCUT2D eigenvalue weighted by Gasteiger charge is 2.10. The van der Waals surface area contributed by atoms with Crippen LogP contribution in [0.2, 0.25) is 0 Å². The Hall–Kier alpha value is -1.03. The quantitative estimate of drug-likeness (QED) is 0.686. The SMILES string of the molecule is Cn1ccn(COC(C)(C)C)c1=O. The highest BCUT2D eigenvalue weighted by atomic mass is 16.5. The second-order valence-corrected chi connectivity index (χ2v) is 4.05. The lowest BCUT2D eigenvalue weighted by atomic mass is 10.2. The molecule has 1 aromatic rings. The molecule has 0 saturated heterocycles. The lowest BCUT2D eigenvalue weighted by Crippen LogP contribution is -2.27. The molecule has 0 bridgehead atoms. The number of imidazole rings is 1. The van der Waals surface area contributed by atoms with Crippen molar-refractivity contribution in [3.63, 3.8) is 0 Å². The average Bonchev–Trinajstić information content (AvgIpc) is 2.29. The lowest BCUT2D eigenvalue weighted by molar-refractivity contribution is -0.0446. The largest absolute Gasteiger partial charge is 0.355 e. The molecule has 0 aliphatic carbocycles. The first-order chi connectivity index (χ1) is 5.90. The first-order valence-electron chi connectivity index (χ1n) is 4.26. The molecule has 0 spiro atoms. The van der Waals surface area contributed by atoms with E-state index in [0.717, 1.165) is 0 Å². The van der Waals surface area contributed by atoms with Gasteiger partial charge in [-0.3, -0.25) is 4.57 Å². The summed E-state index contributed by atoms with van der Waals surface area (Å²) in [5.41, 5.74) is -0.265. The Morgan fingerprint density at radius 2 is 2.00 bits per heavy atom. The molecule has 0 aliphatic heterocycles. The fraction of sp³-hybridized carbons (Fsp3) is 0.667. The van der Waals surface area contributed by atoms with E-state index in [1.54, 1.807) is 19.4 Å². The van der Waals surface area contributed by atoms with Gasteiger partial charge in [0.2, 0.25) is 0 Å². The highest BCUT2D eigenvalue weighted by Crippen LogP contribution is 2.06. The van der Waals surface area contributed by atoms with Gasteiger partial charge in [0.15, 0.2) is 0 Å². The summed E-state index contributed by atoms with van der Waals surface area (Å²) in [5.74, 6) is 0. The maximum Gasteiger partial charge on any atom is 0.329 e. The summed E-state index contributed by atoms with van der Waals surface area (Å²) in [6.45, 7) is 6.19. The second-order valence-electron chi connectivity index (χ2n) is 4.05. The molecule has 0 amide bonds. The van der Waals surface area contributed by atoms with Crippen molar-refractivity contribution in [2.24, 2.45) is 7.05 Å². The first-order valence-corrected chi connectivity index (χ1v) is 4.26. The summed E-state index contributed by atoms with van der Waals surface area (Å²) in [7, 11) is 1.72. The molecule has 74 valence electrons.